The summed E-state index contributed by atoms with van der Waals surface area (Å²) in [7, 11) is 0. The van der Waals surface area contributed by atoms with Gasteiger partial charge in [-0.1, -0.05) is 43.7 Å². The first kappa shape index (κ1) is 19.6. The summed E-state index contributed by atoms with van der Waals surface area (Å²) < 4.78 is 11.2. The van der Waals surface area contributed by atoms with Crippen LogP contribution in [0.15, 0.2) is 47.0 Å². The molecule has 0 radical (unpaired) electrons. The van der Waals surface area contributed by atoms with E-state index in [-0.39, 0.29) is 11.9 Å². The minimum atomic E-state index is -0.708. The minimum absolute atomic E-state index is 0.115. The van der Waals surface area contributed by atoms with Gasteiger partial charge in [0.05, 0.1) is 0 Å². The molecule has 1 unspecified atom stereocenters. The second-order valence-electron chi connectivity index (χ2n) is 7.23. The number of amides is 1. The molecule has 0 bridgehead atoms. The van der Waals surface area contributed by atoms with Gasteiger partial charge in [-0.25, -0.2) is 0 Å². The van der Waals surface area contributed by atoms with Crippen LogP contribution in [0.2, 0.25) is 0 Å². The van der Waals surface area contributed by atoms with Gasteiger partial charge in [0.15, 0.2) is 6.10 Å². The Balaban J connectivity index is 1.68. The van der Waals surface area contributed by atoms with E-state index < -0.39 is 6.10 Å². The summed E-state index contributed by atoms with van der Waals surface area (Å²) in [5, 5.41) is 6.48. The van der Waals surface area contributed by atoms with E-state index in [0.29, 0.717) is 17.6 Å². The standard InChI is InChI=1S/C22H25N3O3/c1-13(2)18-11-8-15(4)12-19(18)27-16(5)20(26)23-22-24-21(28-25-22)17-9-6-14(3)7-10-17/h6-13,16H,1-5H3,(H,23,25,26). The molecule has 146 valence electrons. The van der Waals surface area contributed by atoms with Crippen molar-refractivity contribution in [2.45, 2.75) is 46.6 Å². The zero-order chi connectivity index (χ0) is 20.3. The number of aromatic nitrogens is 2. The van der Waals surface area contributed by atoms with Crippen LogP contribution in [0.5, 0.6) is 5.75 Å². The highest BCUT2D eigenvalue weighted by molar-refractivity contribution is 5.92. The van der Waals surface area contributed by atoms with E-state index in [1.165, 1.54) is 0 Å². The monoisotopic (exact) mass is 379 g/mol. The molecule has 1 amide bonds. The van der Waals surface area contributed by atoms with Gasteiger partial charge < -0.3 is 9.26 Å². The van der Waals surface area contributed by atoms with Crippen LogP contribution >= 0.6 is 0 Å². The van der Waals surface area contributed by atoms with Gasteiger partial charge in [-0.05, 0) is 61.2 Å². The van der Waals surface area contributed by atoms with Crippen molar-refractivity contribution in [2.75, 3.05) is 5.32 Å². The molecule has 0 spiro atoms. The average Bonchev–Trinajstić information content (AvgIpc) is 3.10. The largest absolute Gasteiger partial charge is 0.481 e. The number of anilines is 1. The van der Waals surface area contributed by atoms with E-state index >= 15 is 0 Å². The van der Waals surface area contributed by atoms with E-state index in [1.807, 2.05) is 56.3 Å². The zero-order valence-corrected chi connectivity index (χ0v) is 16.8. The van der Waals surface area contributed by atoms with Crippen LogP contribution in [-0.4, -0.2) is 22.2 Å². The Morgan fingerprint density at radius 1 is 1.04 bits per heavy atom. The fraction of sp³-hybridized carbons (Fsp3) is 0.318. The van der Waals surface area contributed by atoms with Crippen LogP contribution in [-0.2, 0) is 4.79 Å². The Morgan fingerprint density at radius 3 is 2.39 bits per heavy atom. The van der Waals surface area contributed by atoms with E-state index in [1.54, 1.807) is 6.92 Å². The van der Waals surface area contributed by atoms with Crippen LogP contribution < -0.4 is 10.1 Å². The summed E-state index contributed by atoms with van der Waals surface area (Å²) >= 11 is 0. The molecular formula is C22H25N3O3. The highest BCUT2D eigenvalue weighted by Crippen LogP contribution is 2.28. The number of nitrogens with zero attached hydrogens (tertiary/aromatic N) is 2. The number of aryl methyl sites for hydroxylation is 2. The van der Waals surface area contributed by atoms with E-state index in [0.717, 1.165) is 22.3 Å². The molecule has 0 saturated carbocycles. The molecule has 0 saturated heterocycles. The van der Waals surface area contributed by atoms with Gasteiger partial charge in [0.25, 0.3) is 17.7 Å². The predicted octanol–water partition coefficient (Wildman–Crippen LogP) is 4.88. The first-order valence-electron chi connectivity index (χ1n) is 9.32. The van der Waals surface area contributed by atoms with Crippen molar-refractivity contribution in [1.82, 2.24) is 10.1 Å². The molecule has 1 N–H and O–H groups in total. The molecule has 0 aliphatic rings. The topological polar surface area (TPSA) is 77.2 Å². The second-order valence-corrected chi connectivity index (χ2v) is 7.23. The lowest BCUT2D eigenvalue weighted by molar-refractivity contribution is -0.122. The van der Waals surface area contributed by atoms with Crippen LogP contribution in [0.3, 0.4) is 0 Å². The van der Waals surface area contributed by atoms with Crippen molar-refractivity contribution in [3.8, 4) is 17.2 Å². The molecule has 1 atom stereocenters. The molecule has 6 nitrogen and oxygen atoms in total. The number of ether oxygens (including phenoxy) is 1. The summed E-state index contributed by atoms with van der Waals surface area (Å²) in [5.41, 5.74) is 4.07. The number of benzene rings is 2. The molecule has 28 heavy (non-hydrogen) atoms. The Labute approximate surface area is 164 Å². The van der Waals surface area contributed by atoms with Crippen LogP contribution in [0.1, 0.15) is 43.4 Å². The Bertz CT molecular complexity index is 961. The molecule has 0 fully saturated rings. The summed E-state index contributed by atoms with van der Waals surface area (Å²) in [4.78, 5) is 16.7. The minimum Gasteiger partial charge on any atom is -0.481 e. The fourth-order valence-electron chi connectivity index (χ4n) is 2.76. The van der Waals surface area contributed by atoms with Crippen molar-refractivity contribution < 1.29 is 14.1 Å². The third-order valence-electron chi connectivity index (χ3n) is 4.42. The fourth-order valence-corrected chi connectivity index (χ4v) is 2.76. The lowest BCUT2D eigenvalue weighted by Gasteiger charge is -2.18. The molecule has 0 aliphatic heterocycles. The number of nitrogens with one attached hydrogen (secondary N) is 1. The molecule has 1 heterocycles. The summed E-state index contributed by atoms with van der Waals surface area (Å²) in [6.45, 7) is 9.88. The number of rotatable bonds is 6. The number of carbonyl (C=O) groups excluding carboxylic acids is 1. The van der Waals surface area contributed by atoms with Crippen LogP contribution in [0.25, 0.3) is 11.5 Å². The normalized spacial score (nSPS) is 12.1. The second kappa shape index (κ2) is 8.25. The third-order valence-corrected chi connectivity index (χ3v) is 4.42. The Morgan fingerprint density at radius 2 is 1.71 bits per heavy atom. The SMILES string of the molecule is Cc1ccc(-c2nc(NC(=O)C(C)Oc3cc(C)ccc3C(C)C)no2)cc1. The molecule has 2 aromatic carbocycles. The quantitative estimate of drug-likeness (QED) is 0.660. The lowest BCUT2D eigenvalue weighted by Crippen LogP contribution is -2.30. The smallest absolute Gasteiger partial charge is 0.270 e. The zero-order valence-electron chi connectivity index (χ0n) is 16.8. The van der Waals surface area contributed by atoms with Crippen molar-refractivity contribution in [2.24, 2.45) is 0 Å². The van der Waals surface area contributed by atoms with Gasteiger partial charge in [0, 0.05) is 5.56 Å². The van der Waals surface area contributed by atoms with Crippen molar-refractivity contribution in [3.63, 3.8) is 0 Å². The predicted molar refractivity (Wildman–Crippen MR) is 108 cm³/mol. The van der Waals surface area contributed by atoms with E-state index in [4.69, 9.17) is 9.26 Å². The number of carbonyl (C=O) groups is 1. The van der Waals surface area contributed by atoms with E-state index in [2.05, 4.69) is 29.3 Å². The van der Waals surface area contributed by atoms with Gasteiger partial charge in [-0.3, -0.25) is 10.1 Å². The van der Waals surface area contributed by atoms with Gasteiger partial charge in [0.2, 0.25) is 0 Å². The van der Waals surface area contributed by atoms with Crippen molar-refractivity contribution in [3.05, 3.63) is 59.2 Å². The Kier molecular flexibility index (Phi) is 5.78. The molecular weight excluding hydrogens is 354 g/mol. The molecule has 3 aromatic rings. The van der Waals surface area contributed by atoms with Gasteiger partial charge in [-0.2, -0.15) is 4.98 Å². The molecule has 0 aliphatic carbocycles. The van der Waals surface area contributed by atoms with E-state index in [9.17, 15) is 4.79 Å². The number of hydrogen-bond acceptors (Lipinski definition) is 5. The van der Waals surface area contributed by atoms with Gasteiger partial charge >= 0.3 is 0 Å². The first-order valence-corrected chi connectivity index (χ1v) is 9.32. The molecule has 3 rings (SSSR count). The highest BCUT2D eigenvalue weighted by atomic mass is 16.5. The summed E-state index contributed by atoms with van der Waals surface area (Å²) in [6.07, 6.45) is -0.708. The van der Waals surface area contributed by atoms with Crippen LogP contribution in [0, 0.1) is 13.8 Å². The van der Waals surface area contributed by atoms with Crippen molar-refractivity contribution in [1.29, 1.82) is 0 Å². The average molecular weight is 379 g/mol. The lowest BCUT2D eigenvalue weighted by atomic mass is 10.0. The summed E-state index contributed by atoms with van der Waals surface area (Å²) in [6, 6.07) is 13.7. The molecule has 6 heteroatoms. The Hall–Kier alpha value is -3.15. The maximum atomic E-state index is 12.5. The maximum Gasteiger partial charge on any atom is 0.270 e. The van der Waals surface area contributed by atoms with Crippen LogP contribution in [0.4, 0.5) is 5.95 Å². The first-order chi connectivity index (χ1) is 13.3. The number of hydrogen-bond donors (Lipinski definition) is 1. The van der Waals surface area contributed by atoms with Gasteiger partial charge in [0.1, 0.15) is 5.75 Å². The maximum absolute atomic E-state index is 12.5. The summed E-state index contributed by atoms with van der Waals surface area (Å²) in [5.74, 6) is 1.13. The third kappa shape index (κ3) is 4.57. The van der Waals surface area contributed by atoms with Gasteiger partial charge in [-0.15, -0.1) is 0 Å². The molecule has 1 aromatic heterocycles. The highest BCUT2D eigenvalue weighted by Gasteiger charge is 2.20. The van der Waals surface area contributed by atoms with Crippen molar-refractivity contribution >= 4 is 11.9 Å².